The highest BCUT2D eigenvalue weighted by molar-refractivity contribution is 7.07. The SMILES string of the molecule is CCOc1ccc(C(NN)c2cscn2)cc1. The second-order valence-corrected chi connectivity index (χ2v) is 4.23. The van der Waals surface area contributed by atoms with Crippen molar-refractivity contribution in [2.75, 3.05) is 6.61 Å². The Kier molecular flexibility index (Phi) is 4.08. The minimum atomic E-state index is -0.0723. The van der Waals surface area contributed by atoms with Crippen LogP contribution in [0.5, 0.6) is 5.75 Å². The number of rotatable bonds is 5. The highest BCUT2D eigenvalue weighted by Gasteiger charge is 2.13. The van der Waals surface area contributed by atoms with Crippen LogP contribution in [0, 0.1) is 0 Å². The third kappa shape index (κ3) is 2.82. The third-order valence-corrected chi connectivity index (χ3v) is 3.04. The zero-order valence-electron chi connectivity index (χ0n) is 9.59. The van der Waals surface area contributed by atoms with Crippen molar-refractivity contribution in [2.45, 2.75) is 13.0 Å². The fourth-order valence-electron chi connectivity index (χ4n) is 1.64. The molecule has 4 nitrogen and oxygen atoms in total. The molecule has 3 N–H and O–H groups in total. The first kappa shape index (κ1) is 12.0. The predicted molar refractivity (Wildman–Crippen MR) is 68.9 cm³/mol. The maximum absolute atomic E-state index is 5.58. The molecule has 0 saturated carbocycles. The second kappa shape index (κ2) is 5.77. The van der Waals surface area contributed by atoms with Crippen LogP contribution in [0.15, 0.2) is 35.2 Å². The van der Waals surface area contributed by atoms with E-state index in [0.29, 0.717) is 6.61 Å². The maximum Gasteiger partial charge on any atom is 0.119 e. The van der Waals surface area contributed by atoms with Crippen molar-refractivity contribution < 1.29 is 4.74 Å². The summed E-state index contributed by atoms with van der Waals surface area (Å²) in [5.41, 5.74) is 6.58. The Balaban J connectivity index is 2.20. The normalized spacial score (nSPS) is 12.4. The Labute approximate surface area is 104 Å². The van der Waals surface area contributed by atoms with Crippen molar-refractivity contribution in [3.8, 4) is 5.75 Å². The molecule has 1 heterocycles. The summed E-state index contributed by atoms with van der Waals surface area (Å²) in [6.45, 7) is 2.64. The molecule has 1 atom stereocenters. The topological polar surface area (TPSA) is 60.2 Å². The van der Waals surface area contributed by atoms with Crippen LogP contribution in [0.2, 0.25) is 0 Å². The van der Waals surface area contributed by atoms with Gasteiger partial charge in [0.1, 0.15) is 5.75 Å². The molecule has 1 aromatic heterocycles. The molecule has 0 aliphatic heterocycles. The molecule has 2 rings (SSSR count). The average molecular weight is 249 g/mol. The summed E-state index contributed by atoms with van der Waals surface area (Å²) in [7, 11) is 0. The van der Waals surface area contributed by atoms with Crippen molar-refractivity contribution in [3.05, 3.63) is 46.4 Å². The van der Waals surface area contributed by atoms with E-state index in [1.165, 1.54) is 0 Å². The Hall–Kier alpha value is -1.43. The number of thiazole rings is 1. The molecule has 1 unspecified atom stereocenters. The maximum atomic E-state index is 5.58. The molecule has 0 aliphatic carbocycles. The van der Waals surface area contributed by atoms with Crippen molar-refractivity contribution in [2.24, 2.45) is 5.84 Å². The second-order valence-electron chi connectivity index (χ2n) is 3.52. The summed E-state index contributed by atoms with van der Waals surface area (Å²) >= 11 is 1.56. The molecule has 17 heavy (non-hydrogen) atoms. The average Bonchev–Trinajstić information content (AvgIpc) is 2.86. The minimum absolute atomic E-state index is 0.0723. The van der Waals surface area contributed by atoms with Gasteiger partial charge in [-0.05, 0) is 24.6 Å². The van der Waals surface area contributed by atoms with Gasteiger partial charge in [-0.2, -0.15) is 0 Å². The van der Waals surface area contributed by atoms with Crippen LogP contribution in [0.25, 0.3) is 0 Å². The zero-order valence-corrected chi connectivity index (χ0v) is 10.4. The molecule has 0 saturated heterocycles. The number of ether oxygens (including phenoxy) is 1. The van der Waals surface area contributed by atoms with E-state index in [1.807, 2.05) is 36.6 Å². The van der Waals surface area contributed by atoms with Crippen molar-refractivity contribution in [1.82, 2.24) is 10.4 Å². The number of nitrogens with one attached hydrogen (secondary N) is 1. The Bertz CT molecular complexity index is 441. The van der Waals surface area contributed by atoms with E-state index < -0.39 is 0 Å². The van der Waals surface area contributed by atoms with Crippen LogP contribution < -0.4 is 16.0 Å². The van der Waals surface area contributed by atoms with Gasteiger partial charge in [0.25, 0.3) is 0 Å². The molecular formula is C12H15N3OS. The van der Waals surface area contributed by atoms with E-state index in [1.54, 1.807) is 16.8 Å². The van der Waals surface area contributed by atoms with Crippen molar-refractivity contribution >= 4 is 11.3 Å². The van der Waals surface area contributed by atoms with Gasteiger partial charge >= 0.3 is 0 Å². The Morgan fingerprint density at radius 3 is 2.71 bits per heavy atom. The van der Waals surface area contributed by atoms with Gasteiger partial charge in [0, 0.05) is 5.38 Å². The minimum Gasteiger partial charge on any atom is -0.494 e. The third-order valence-electron chi connectivity index (χ3n) is 2.44. The van der Waals surface area contributed by atoms with E-state index >= 15 is 0 Å². The van der Waals surface area contributed by atoms with Crippen LogP contribution in [0.3, 0.4) is 0 Å². The largest absolute Gasteiger partial charge is 0.494 e. The van der Waals surface area contributed by atoms with Gasteiger partial charge in [0.05, 0.1) is 23.9 Å². The monoisotopic (exact) mass is 249 g/mol. The van der Waals surface area contributed by atoms with Gasteiger partial charge in [0.15, 0.2) is 0 Å². The number of nitrogens with two attached hydrogens (primary N) is 1. The molecule has 1 aromatic carbocycles. The lowest BCUT2D eigenvalue weighted by Gasteiger charge is -2.14. The van der Waals surface area contributed by atoms with Crippen LogP contribution in [-0.4, -0.2) is 11.6 Å². The number of hydrazine groups is 1. The summed E-state index contributed by atoms with van der Waals surface area (Å²) in [5.74, 6) is 6.44. The Morgan fingerprint density at radius 1 is 1.41 bits per heavy atom. The van der Waals surface area contributed by atoms with E-state index in [0.717, 1.165) is 17.0 Å². The van der Waals surface area contributed by atoms with Crippen LogP contribution in [0.4, 0.5) is 0 Å². The summed E-state index contributed by atoms with van der Waals surface area (Å²) in [4.78, 5) is 4.27. The summed E-state index contributed by atoms with van der Waals surface area (Å²) in [5, 5.41) is 1.99. The number of hydrogen-bond donors (Lipinski definition) is 2. The zero-order chi connectivity index (χ0) is 12.1. The van der Waals surface area contributed by atoms with Crippen LogP contribution in [0.1, 0.15) is 24.2 Å². The van der Waals surface area contributed by atoms with E-state index in [4.69, 9.17) is 10.6 Å². The molecule has 2 aromatic rings. The molecule has 0 aliphatic rings. The molecule has 0 amide bonds. The number of hydrogen-bond acceptors (Lipinski definition) is 5. The molecule has 0 radical (unpaired) electrons. The first-order chi connectivity index (χ1) is 8.35. The fraction of sp³-hybridized carbons (Fsp3) is 0.250. The number of aromatic nitrogens is 1. The van der Waals surface area contributed by atoms with Gasteiger partial charge in [-0.15, -0.1) is 11.3 Å². The van der Waals surface area contributed by atoms with E-state index in [-0.39, 0.29) is 6.04 Å². The van der Waals surface area contributed by atoms with Gasteiger partial charge in [0.2, 0.25) is 0 Å². The highest BCUT2D eigenvalue weighted by atomic mass is 32.1. The van der Waals surface area contributed by atoms with Crippen LogP contribution in [-0.2, 0) is 0 Å². The lowest BCUT2D eigenvalue weighted by molar-refractivity contribution is 0.340. The highest BCUT2D eigenvalue weighted by Crippen LogP contribution is 2.23. The summed E-state index contributed by atoms with van der Waals surface area (Å²) in [6.07, 6.45) is 0. The predicted octanol–water partition coefficient (Wildman–Crippen LogP) is 2.09. The molecular weight excluding hydrogens is 234 g/mol. The fourth-order valence-corrected chi connectivity index (χ4v) is 2.22. The summed E-state index contributed by atoms with van der Waals surface area (Å²) in [6, 6.07) is 7.80. The molecule has 0 bridgehead atoms. The Morgan fingerprint density at radius 2 is 2.18 bits per heavy atom. The first-order valence-electron chi connectivity index (χ1n) is 5.42. The summed E-state index contributed by atoms with van der Waals surface area (Å²) < 4.78 is 5.40. The lowest BCUT2D eigenvalue weighted by atomic mass is 10.1. The van der Waals surface area contributed by atoms with Gasteiger partial charge in [-0.1, -0.05) is 12.1 Å². The first-order valence-corrected chi connectivity index (χ1v) is 6.36. The number of nitrogens with zero attached hydrogens (tertiary/aromatic N) is 1. The lowest BCUT2D eigenvalue weighted by Crippen LogP contribution is -2.29. The van der Waals surface area contributed by atoms with Gasteiger partial charge in [-0.25, -0.2) is 10.4 Å². The standard InChI is InChI=1S/C12H15N3OS/c1-2-16-10-5-3-9(4-6-10)12(15-13)11-7-17-8-14-11/h3-8,12,15H,2,13H2,1H3. The van der Waals surface area contributed by atoms with E-state index in [9.17, 15) is 0 Å². The quantitative estimate of drug-likeness (QED) is 0.629. The van der Waals surface area contributed by atoms with Crippen LogP contribution >= 0.6 is 11.3 Å². The smallest absolute Gasteiger partial charge is 0.119 e. The molecule has 5 heteroatoms. The van der Waals surface area contributed by atoms with Crippen molar-refractivity contribution in [1.29, 1.82) is 0 Å². The molecule has 90 valence electrons. The van der Waals surface area contributed by atoms with Crippen molar-refractivity contribution in [3.63, 3.8) is 0 Å². The van der Waals surface area contributed by atoms with Gasteiger partial charge in [-0.3, -0.25) is 5.84 Å². The molecule has 0 fully saturated rings. The molecule has 0 spiro atoms. The number of benzene rings is 1. The van der Waals surface area contributed by atoms with E-state index in [2.05, 4.69) is 10.4 Å². The van der Waals surface area contributed by atoms with Gasteiger partial charge < -0.3 is 4.74 Å².